The van der Waals surface area contributed by atoms with Crippen LogP contribution in [0.2, 0.25) is 0 Å². The molecule has 0 spiro atoms. The van der Waals surface area contributed by atoms with Crippen LogP contribution in [0, 0.1) is 0 Å². The van der Waals surface area contributed by atoms with Crippen LogP contribution >= 0.6 is 0 Å². The van der Waals surface area contributed by atoms with Gasteiger partial charge in [-0.05, 0) is 0 Å². The summed E-state index contributed by atoms with van der Waals surface area (Å²) in [4.78, 5) is 10.2. The third-order valence-electron chi connectivity index (χ3n) is 0.720. The Morgan fingerprint density at radius 1 is 1.57 bits per heavy atom. The van der Waals surface area contributed by atoms with Gasteiger partial charge in [-0.15, -0.1) is 0 Å². The second kappa shape index (κ2) is 1.33. The van der Waals surface area contributed by atoms with E-state index in [0.29, 0.717) is 5.59 Å². The van der Waals surface area contributed by atoms with Crippen molar-refractivity contribution in [1.82, 2.24) is 5.32 Å². The first-order valence-electron chi connectivity index (χ1n) is 1.97. The maximum atomic E-state index is 10.2. The number of carbonyl (C=O) groups excluding carboxylic acids is 1. The fraction of sp³-hybridized carbons (Fsp3) is 0. The molecule has 2 nitrogen and oxygen atoms in total. The van der Waals surface area contributed by atoms with Crippen molar-refractivity contribution in [2.75, 3.05) is 0 Å². The molecule has 0 radical (unpaired) electrons. The van der Waals surface area contributed by atoms with Gasteiger partial charge in [-0.2, -0.15) is 0 Å². The van der Waals surface area contributed by atoms with Crippen molar-refractivity contribution in [1.29, 1.82) is 0 Å². The molecule has 0 unspecified atom stereocenters. The van der Waals surface area contributed by atoms with Crippen molar-refractivity contribution in [2.45, 2.75) is 0 Å². The molecule has 3 heteroatoms. The summed E-state index contributed by atoms with van der Waals surface area (Å²) in [5.41, 5.74) is 0.671. The molecule has 0 aromatic rings. The van der Waals surface area contributed by atoms with E-state index in [1.807, 2.05) is 0 Å². The molecule has 0 saturated carbocycles. The topological polar surface area (TPSA) is 29.1 Å². The zero-order chi connectivity index (χ0) is 5.28. The van der Waals surface area contributed by atoms with Gasteiger partial charge >= 0.3 is 41.2 Å². The van der Waals surface area contributed by atoms with Crippen LogP contribution in [0.25, 0.3) is 0 Å². The van der Waals surface area contributed by atoms with Gasteiger partial charge in [0.05, 0.1) is 0 Å². The Morgan fingerprint density at radius 2 is 2.29 bits per heavy atom. The van der Waals surface area contributed by atoms with Crippen LogP contribution in [-0.4, -0.2) is 19.0 Å². The van der Waals surface area contributed by atoms with Crippen LogP contribution in [0.4, 0.5) is 0 Å². The van der Waals surface area contributed by atoms with E-state index in [-0.39, 0.29) is 5.91 Å². The van der Waals surface area contributed by atoms with E-state index in [1.165, 1.54) is 6.08 Å². The van der Waals surface area contributed by atoms with Crippen molar-refractivity contribution < 1.29 is 4.79 Å². The molecule has 1 aliphatic rings. The quantitative estimate of drug-likeness (QED) is 0.370. The molecule has 0 saturated heterocycles. The number of carbonyl (C=O) groups is 1. The number of nitrogens with one attached hydrogen (secondary N) is 1. The number of hydrogen-bond donors (Lipinski definition) is 1. The predicted molar refractivity (Wildman–Crippen MR) is 29.4 cm³/mol. The molecule has 7 heavy (non-hydrogen) atoms. The Labute approximate surface area is 42.3 Å². The first-order chi connectivity index (χ1) is 3.29. The Kier molecular flexibility index (Phi) is 0.820. The van der Waals surface area contributed by atoms with Gasteiger partial charge < -0.3 is 0 Å². The molecule has 0 aliphatic carbocycles. The zero-order valence-electron chi connectivity index (χ0n) is 3.77. The maximum absolute atomic E-state index is 10.2. The van der Waals surface area contributed by atoms with E-state index in [9.17, 15) is 4.79 Å². The fourth-order valence-corrected chi connectivity index (χ4v) is 0.418. The monoisotopic (exact) mass is 93.0 g/mol. The minimum absolute atomic E-state index is 0.0787. The molecule has 1 amide bonds. The number of amides is 1. The van der Waals surface area contributed by atoms with Gasteiger partial charge in [0.2, 0.25) is 0 Å². The number of hydrogen-bond acceptors (Lipinski definition) is 1. The summed E-state index contributed by atoms with van der Waals surface area (Å²) in [7, 11) is 3.49. The van der Waals surface area contributed by atoms with Crippen LogP contribution in [-0.2, 0) is 4.79 Å². The van der Waals surface area contributed by atoms with Crippen molar-refractivity contribution in [3.8, 4) is 0 Å². The standard InChI is InChI=1S/C4H4BNO/c5-3-1-2-4(7)6-3/h1-2,5H,(H,6,7). The Morgan fingerprint density at radius 3 is 2.43 bits per heavy atom. The molecule has 0 aromatic carbocycles. The van der Waals surface area contributed by atoms with E-state index in [0.717, 1.165) is 0 Å². The molecule has 1 rings (SSSR count). The van der Waals surface area contributed by atoms with Crippen LogP contribution in [0.15, 0.2) is 12.2 Å². The van der Waals surface area contributed by atoms with E-state index in [2.05, 4.69) is 12.8 Å². The molecule has 0 atom stereocenters. The normalized spacial score (nSPS) is 17.6. The summed E-state index contributed by atoms with van der Waals surface area (Å²) in [6, 6.07) is 0. The second-order valence-electron chi connectivity index (χ2n) is 1.35. The van der Waals surface area contributed by atoms with E-state index < -0.39 is 0 Å². The Bertz CT molecular complexity index is 134. The average Bonchev–Trinajstić information content (AvgIpc) is 1.87. The Balaban J connectivity index is 2.76. The van der Waals surface area contributed by atoms with Gasteiger partial charge in [-0.3, -0.25) is 0 Å². The van der Waals surface area contributed by atoms with Crippen LogP contribution in [0.5, 0.6) is 0 Å². The molecule has 0 bridgehead atoms. The van der Waals surface area contributed by atoms with Crippen molar-refractivity contribution in [3.63, 3.8) is 0 Å². The molecule has 34 valence electrons. The summed E-state index contributed by atoms with van der Waals surface area (Å²) >= 11 is 0. The van der Waals surface area contributed by atoms with E-state index in [4.69, 9.17) is 0 Å². The minimum atomic E-state index is -0.0787. The van der Waals surface area contributed by atoms with Crippen molar-refractivity contribution in [3.05, 3.63) is 12.2 Å². The van der Waals surface area contributed by atoms with Gasteiger partial charge in [0.15, 0.2) is 0 Å². The fourth-order valence-electron chi connectivity index (χ4n) is 0.418. The summed E-state index contributed by atoms with van der Waals surface area (Å²) in [6.07, 6.45) is 3.09. The molecular weight excluding hydrogens is 88.9 g/mol. The van der Waals surface area contributed by atoms with Gasteiger partial charge in [0.25, 0.3) is 0 Å². The average molecular weight is 92.9 g/mol. The molecule has 1 aliphatic heterocycles. The molecular formula is C4H4BNO. The summed E-state index contributed by atoms with van der Waals surface area (Å²) in [6.45, 7) is 0. The van der Waals surface area contributed by atoms with E-state index >= 15 is 0 Å². The van der Waals surface area contributed by atoms with Crippen LogP contribution in [0.3, 0.4) is 0 Å². The SMILES string of the molecule is B=C1C=CC(=O)N1. The first kappa shape index (κ1) is 4.31. The third kappa shape index (κ3) is 0.767. The Hall–Kier alpha value is -0.855. The summed E-state index contributed by atoms with van der Waals surface area (Å²) in [5.74, 6) is -0.0787. The second-order valence-corrected chi connectivity index (χ2v) is 1.35. The number of rotatable bonds is 0. The summed E-state index contributed by atoms with van der Waals surface area (Å²) < 4.78 is 0. The summed E-state index contributed by atoms with van der Waals surface area (Å²) in [5, 5.41) is 2.47. The van der Waals surface area contributed by atoms with Crippen LogP contribution < -0.4 is 5.32 Å². The first-order valence-corrected chi connectivity index (χ1v) is 1.97. The van der Waals surface area contributed by atoms with E-state index in [1.54, 1.807) is 6.08 Å². The predicted octanol–water partition coefficient (Wildman–Crippen LogP) is -1.30. The van der Waals surface area contributed by atoms with Crippen LogP contribution in [0.1, 0.15) is 0 Å². The molecule has 0 aromatic heterocycles. The van der Waals surface area contributed by atoms with Crippen molar-refractivity contribution >= 4 is 19.0 Å². The zero-order valence-corrected chi connectivity index (χ0v) is 3.77. The van der Waals surface area contributed by atoms with Crippen molar-refractivity contribution in [2.24, 2.45) is 0 Å². The van der Waals surface area contributed by atoms with Gasteiger partial charge in [-0.25, -0.2) is 0 Å². The molecule has 1 N–H and O–H groups in total. The van der Waals surface area contributed by atoms with Gasteiger partial charge in [0, 0.05) is 0 Å². The van der Waals surface area contributed by atoms with Gasteiger partial charge in [-0.1, -0.05) is 0 Å². The molecule has 1 heterocycles. The van der Waals surface area contributed by atoms with Gasteiger partial charge in [0.1, 0.15) is 0 Å². The molecule has 0 fully saturated rings. The third-order valence-corrected chi connectivity index (χ3v) is 0.720.